The van der Waals surface area contributed by atoms with Crippen molar-refractivity contribution < 1.29 is 9.53 Å². The third-order valence-electron chi connectivity index (χ3n) is 7.39. The van der Waals surface area contributed by atoms with Crippen molar-refractivity contribution in [3.63, 3.8) is 0 Å². The SMILES string of the molecule is O=C(OCc1ccccc1)C1CCCc2ccc(N3CCN(C4CCCC4)CC3)cc2N1. The van der Waals surface area contributed by atoms with Gasteiger partial charge in [0.05, 0.1) is 0 Å². The Morgan fingerprint density at radius 1 is 0.938 bits per heavy atom. The third kappa shape index (κ3) is 4.93. The molecule has 2 fully saturated rings. The molecular formula is C27H35N3O2. The molecule has 1 saturated heterocycles. The molecular weight excluding hydrogens is 398 g/mol. The van der Waals surface area contributed by atoms with Gasteiger partial charge in [-0.15, -0.1) is 0 Å². The average molecular weight is 434 g/mol. The molecule has 5 nitrogen and oxygen atoms in total. The molecule has 2 aromatic carbocycles. The molecule has 2 aliphatic heterocycles. The van der Waals surface area contributed by atoms with E-state index >= 15 is 0 Å². The predicted molar refractivity (Wildman–Crippen MR) is 129 cm³/mol. The van der Waals surface area contributed by atoms with Gasteiger partial charge in [-0.3, -0.25) is 4.90 Å². The topological polar surface area (TPSA) is 44.8 Å². The zero-order valence-corrected chi connectivity index (χ0v) is 19.0. The van der Waals surface area contributed by atoms with Gasteiger partial charge in [-0.1, -0.05) is 49.2 Å². The molecule has 0 bridgehead atoms. The summed E-state index contributed by atoms with van der Waals surface area (Å²) in [4.78, 5) is 18.0. The lowest BCUT2D eigenvalue weighted by Gasteiger charge is -2.39. The number of piperazine rings is 1. The Bertz CT molecular complexity index is 902. The van der Waals surface area contributed by atoms with Crippen molar-refractivity contribution in [1.82, 2.24) is 4.90 Å². The zero-order valence-electron chi connectivity index (χ0n) is 19.0. The van der Waals surface area contributed by atoms with Crippen molar-refractivity contribution in [3.05, 3.63) is 59.7 Å². The van der Waals surface area contributed by atoms with Gasteiger partial charge in [0.1, 0.15) is 12.6 Å². The largest absolute Gasteiger partial charge is 0.459 e. The molecule has 0 spiro atoms. The van der Waals surface area contributed by atoms with E-state index in [0.717, 1.165) is 62.7 Å². The van der Waals surface area contributed by atoms with Crippen LogP contribution in [0.1, 0.15) is 49.7 Å². The third-order valence-corrected chi connectivity index (χ3v) is 7.39. The van der Waals surface area contributed by atoms with Crippen LogP contribution in [0.25, 0.3) is 0 Å². The van der Waals surface area contributed by atoms with E-state index in [1.165, 1.54) is 36.9 Å². The molecule has 2 heterocycles. The van der Waals surface area contributed by atoms with Crippen molar-refractivity contribution in [2.75, 3.05) is 36.4 Å². The lowest BCUT2D eigenvalue weighted by molar-refractivity contribution is -0.146. The minimum Gasteiger partial charge on any atom is -0.459 e. The summed E-state index contributed by atoms with van der Waals surface area (Å²) in [5, 5.41) is 3.52. The summed E-state index contributed by atoms with van der Waals surface area (Å²) in [5.74, 6) is -0.155. The van der Waals surface area contributed by atoms with Crippen LogP contribution in [0.2, 0.25) is 0 Å². The quantitative estimate of drug-likeness (QED) is 0.698. The van der Waals surface area contributed by atoms with E-state index in [9.17, 15) is 4.79 Å². The monoisotopic (exact) mass is 433 g/mol. The minimum atomic E-state index is -0.283. The maximum atomic E-state index is 12.8. The zero-order chi connectivity index (χ0) is 21.8. The van der Waals surface area contributed by atoms with Crippen molar-refractivity contribution >= 4 is 17.3 Å². The summed E-state index contributed by atoms with van der Waals surface area (Å²) in [7, 11) is 0. The number of nitrogens with one attached hydrogen (secondary N) is 1. The van der Waals surface area contributed by atoms with Crippen LogP contribution in [0, 0.1) is 0 Å². The van der Waals surface area contributed by atoms with Crippen LogP contribution in [-0.4, -0.2) is 49.1 Å². The fourth-order valence-electron chi connectivity index (χ4n) is 5.49. The molecule has 1 atom stereocenters. The Morgan fingerprint density at radius 3 is 2.50 bits per heavy atom. The van der Waals surface area contributed by atoms with Gasteiger partial charge in [0.2, 0.25) is 0 Å². The van der Waals surface area contributed by atoms with Crippen LogP contribution in [0.5, 0.6) is 0 Å². The number of esters is 1. The first-order valence-corrected chi connectivity index (χ1v) is 12.4. The van der Waals surface area contributed by atoms with E-state index < -0.39 is 0 Å². The second-order valence-corrected chi connectivity index (χ2v) is 9.49. The Kier molecular flexibility index (Phi) is 6.63. The van der Waals surface area contributed by atoms with Crippen molar-refractivity contribution in [1.29, 1.82) is 0 Å². The fraction of sp³-hybridized carbons (Fsp3) is 0.519. The van der Waals surface area contributed by atoms with Crippen LogP contribution in [0.15, 0.2) is 48.5 Å². The summed E-state index contributed by atoms with van der Waals surface area (Å²) in [6.07, 6.45) is 8.35. The van der Waals surface area contributed by atoms with Gasteiger partial charge < -0.3 is 15.0 Å². The highest BCUT2D eigenvalue weighted by Gasteiger charge is 2.27. The molecule has 1 aliphatic carbocycles. The van der Waals surface area contributed by atoms with E-state index in [1.807, 2.05) is 30.3 Å². The molecule has 0 radical (unpaired) electrons. The number of nitrogens with zero attached hydrogens (tertiary/aromatic N) is 2. The van der Waals surface area contributed by atoms with Crippen LogP contribution in [-0.2, 0) is 22.6 Å². The Morgan fingerprint density at radius 2 is 1.72 bits per heavy atom. The number of anilines is 2. The van der Waals surface area contributed by atoms with Gasteiger partial charge >= 0.3 is 5.97 Å². The van der Waals surface area contributed by atoms with Gasteiger partial charge in [-0.2, -0.15) is 0 Å². The Balaban J connectivity index is 1.21. The number of hydrogen-bond acceptors (Lipinski definition) is 5. The molecule has 5 rings (SSSR count). The number of carbonyl (C=O) groups is 1. The molecule has 32 heavy (non-hydrogen) atoms. The maximum absolute atomic E-state index is 12.8. The van der Waals surface area contributed by atoms with E-state index in [0.29, 0.717) is 6.61 Å². The molecule has 1 N–H and O–H groups in total. The predicted octanol–water partition coefficient (Wildman–Crippen LogP) is 4.61. The molecule has 3 aliphatic rings. The lowest BCUT2D eigenvalue weighted by Crippen LogP contribution is -2.49. The van der Waals surface area contributed by atoms with Crippen molar-refractivity contribution in [3.8, 4) is 0 Å². The second-order valence-electron chi connectivity index (χ2n) is 9.49. The molecule has 170 valence electrons. The average Bonchev–Trinajstić information content (AvgIpc) is 3.30. The van der Waals surface area contributed by atoms with E-state index in [4.69, 9.17) is 4.74 Å². The van der Waals surface area contributed by atoms with Crippen LogP contribution < -0.4 is 10.2 Å². The standard InChI is InChI=1S/C27H35N3O2/c31-27(32-20-21-7-2-1-3-8-21)25-12-6-9-22-13-14-24(19-26(22)28-25)30-17-15-29(16-18-30)23-10-4-5-11-23/h1-3,7-8,13-14,19,23,25,28H,4-6,9-12,15-18,20H2. The number of benzene rings is 2. The summed E-state index contributed by atoms with van der Waals surface area (Å²) in [6, 6.07) is 17.2. The lowest BCUT2D eigenvalue weighted by atomic mass is 10.1. The van der Waals surface area contributed by atoms with Gasteiger partial charge in [0.25, 0.3) is 0 Å². The summed E-state index contributed by atoms with van der Waals surface area (Å²) in [5.41, 5.74) is 4.69. The first kappa shape index (κ1) is 21.3. The molecule has 0 amide bonds. The van der Waals surface area contributed by atoms with E-state index in [-0.39, 0.29) is 12.0 Å². The fourth-order valence-corrected chi connectivity index (χ4v) is 5.49. The van der Waals surface area contributed by atoms with Crippen LogP contribution >= 0.6 is 0 Å². The number of ether oxygens (including phenoxy) is 1. The molecule has 2 aromatic rings. The van der Waals surface area contributed by atoms with E-state index in [2.05, 4.69) is 33.3 Å². The van der Waals surface area contributed by atoms with Gasteiger partial charge in [-0.25, -0.2) is 4.79 Å². The molecule has 5 heteroatoms. The van der Waals surface area contributed by atoms with Gasteiger partial charge in [-0.05, 0) is 55.4 Å². The second kappa shape index (κ2) is 9.95. The first-order chi connectivity index (χ1) is 15.8. The Labute approximate surface area is 191 Å². The van der Waals surface area contributed by atoms with Crippen LogP contribution in [0.4, 0.5) is 11.4 Å². The number of aryl methyl sites for hydroxylation is 1. The highest BCUT2D eigenvalue weighted by atomic mass is 16.5. The highest BCUT2D eigenvalue weighted by molar-refractivity contribution is 5.80. The van der Waals surface area contributed by atoms with Crippen LogP contribution in [0.3, 0.4) is 0 Å². The highest BCUT2D eigenvalue weighted by Crippen LogP contribution is 2.31. The van der Waals surface area contributed by atoms with Gasteiger partial charge in [0.15, 0.2) is 0 Å². The minimum absolute atomic E-state index is 0.155. The van der Waals surface area contributed by atoms with Crippen molar-refractivity contribution in [2.45, 2.75) is 63.6 Å². The van der Waals surface area contributed by atoms with Crippen molar-refractivity contribution in [2.24, 2.45) is 0 Å². The summed E-state index contributed by atoms with van der Waals surface area (Å²) in [6.45, 7) is 4.80. The summed E-state index contributed by atoms with van der Waals surface area (Å²) < 4.78 is 5.63. The normalized spacial score (nSPS) is 22.1. The van der Waals surface area contributed by atoms with Gasteiger partial charge in [0, 0.05) is 43.6 Å². The number of carbonyl (C=O) groups excluding carboxylic acids is 1. The smallest absolute Gasteiger partial charge is 0.328 e. The summed E-state index contributed by atoms with van der Waals surface area (Å²) >= 11 is 0. The number of fused-ring (bicyclic) bond motifs is 1. The molecule has 1 unspecified atom stereocenters. The molecule has 0 aromatic heterocycles. The van der Waals surface area contributed by atoms with E-state index in [1.54, 1.807) is 0 Å². The Hall–Kier alpha value is -2.53. The molecule has 1 saturated carbocycles. The first-order valence-electron chi connectivity index (χ1n) is 12.4. The number of rotatable bonds is 5. The number of hydrogen-bond donors (Lipinski definition) is 1. The maximum Gasteiger partial charge on any atom is 0.328 e.